The van der Waals surface area contributed by atoms with Gasteiger partial charge in [-0.1, -0.05) is 309 Å². The second kappa shape index (κ2) is 26.4. The summed E-state index contributed by atoms with van der Waals surface area (Å²) in [4.78, 5) is 4.90. The number of anilines is 6. The van der Waals surface area contributed by atoms with E-state index in [1.54, 1.807) is 0 Å². The van der Waals surface area contributed by atoms with Crippen LogP contribution >= 0.6 is 0 Å². The summed E-state index contributed by atoms with van der Waals surface area (Å²) in [6, 6.07) is 86.9. The van der Waals surface area contributed by atoms with Crippen LogP contribution in [0.4, 0.5) is 34.1 Å². The molecule has 113 heavy (non-hydrogen) atoms. The summed E-state index contributed by atoms with van der Waals surface area (Å²) in [7, 11) is 0. The zero-order valence-corrected chi connectivity index (χ0v) is 69.8. The summed E-state index contributed by atoms with van der Waals surface area (Å²) in [6.07, 6.45) is 0. The van der Waals surface area contributed by atoms with E-state index < -0.39 is 24.8 Å². The first kappa shape index (κ1) is 68.4. The van der Waals surface area contributed by atoms with E-state index in [1.165, 1.54) is 33.4 Å². The van der Waals surface area contributed by atoms with Gasteiger partial charge < -0.3 is 18.9 Å². The van der Waals surface area contributed by atoms with Crippen LogP contribution in [0.1, 0.15) is 197 Å². The van der Waals surface area contributed by atoms with Gasteiger partial charge in [0.1, 0.15) is 11.6 Å². The Morgan fingerprint density at radius 3 is 1.09 bits per heavy atom. The Labute approximate surface area is 678 Å². The summed E-state index contributed by atoms with van der Waals surface area (Å²) >= 11 is 0. The standard InChI is InChI=1S/C107H106BN5/c1-101(2,3)72-42-48-91-82(57-72)83-58-73(102(4,5)6)43-49-92(83)110(91)79-63-97-99-98(64-79)113(100-80(67-34-27-23-28-35-67)61-78(107(19,20)21)62-81(100)68-36-29-24-30-37-68)96-54-69(66-32-25-22-26-33-66)40-46-88(96)108(99)87-47-41-70(71-52-76(105(13,14)15)56-77(53-71)106(16,17)18)55-95(87)112(97)90-39-31-38-89(86(90)65-109)111-93-50-44-74(103(7,8)9)59-84(93)85-60-75(104(10,11)12)45-51-94(85)111/h22-64H,1-21H3/i22D,25D,26D,32D,33D. The van der Waals surface area contributed by atoms with Gasteiger partial charge in [-0.2, -0.15) is 5.26 Å². The van der Waals surface area contributed by atoms with E-state index in [0.717, 1.165) is 139 Å². The fourth-order valence-corrected chi connectivity index (χ4v) is 17.4. The van der Waals surface area contributed by atoms with E-state index in [-0.39, 0.29) is 55.6 Å². The van der Waals surface area contributed by atoms with Crippen molar-refractivity contribution in [1.29, 1.82) is 5.26 Å². The van der Waals surface area contributed by atoms with Crippen LogP contribution in [0.2, 0.25) is 0 Å². The summed E-state index contributed by atoms with van der Waals surface area (Å²) in [5.41, 5.74) is 27.9. The van der Waals surface area contributed by atoms with Gasteiger partial charge in [-0.3, -0.25) is 0 Å². The Kier molecular flexibility index (Phi) is 16.0. The minimum Gasteiger partial charge on any atom is -0.310 e. The highest BCUT2D eigenvalue weighted by Crippen LogP contribution is 2.55. The Bertz CT molecular complexity index is 6480. The van der Waals surface area contributed by atoms with Gasteiger partial charge in [-0.05, 0) is 224 Å². The summed E-state index contributed by atoms with van der Waals surface area (Å²) < 4.78 is 51.8. The number of hydrogen-bond donors (Lipinski definition) is 0. The van der Waals surface area contributed by atoms with E-state index in [4.69, 9.17) is 1.37 Å². The van der Waals surface area contributed by atoms with Crippen molar-refractivity contribution < 1.29 is 6.85 Å². The highest BCUT2D eigenvalue weighted by atomic mass is 15.2. The zero-order chi connectivity index (χ0) is 84.1. The van der Waals surface area contributed by atoms with Crippen LogP contribution < -0.4 is 26.2 Å². The van der Waals surface area contributed by atoms with Gasteiger partial charge in [0.2, 0.25) is 0 Å². The molecule has 6 heteroatoms. The predicted molar refractivity (Wildman–Crippen MR) is 487 cm³/mol. The monoisotopic (exact) mass is 1480 g/mol. The molecular formula is C107H106BN5. The molecule has 4 heterocycles. The lowest BCUT2D eigenvalue weighted by Crippen LogP contribution is -2.61. The second-order valence-electron chi connectivity index (χ2n) is 39.1. The Hall–Kier alpha value is -11.4. The molecule has 5 nitrogen and oxygen atoms in total. The molecule has 0 spiro atoms. The maximum Gasteiger partial charge on any atom is 0.252 e. The number of hydrogen-bond acceptors (Lipinski definition) is 3. The molecule has 0 aliphatic carbocycles. The average molecular weight is 1480 g/mol. The minimum absolute atomic E-state index is 0.113. The van der Waals surface area contributed by atoms with Gasteiger partial charge >= 0.3 is 0 Å². The lowest BCUT2D eigenvalue weighted by atomic mass is 9.33. The molecule has 0 bridgehead atoms. The molecule has 15 aromatic rings. The van der Waals surface area contributed by atoms with E-state index in [2.05, 4.69) is 395 Å². The minimum atomic E-state index is -0.526. The third-order valence-electron chi connectivity index (χ3n) is 24.1. The van der Waals surface area contributed by atoms with Crippen molar-refractivity contribution in [2.75, 3.05) is 9.80 Å². The van der Waals surface area contributed by atoms with Crippen LogP contribution in [-0.4, -0.2) is 15.8 Å². The van der Waals surface area contributed by atoms with Gasteiger partial charge in [0, 0.05) is 55.4 Å². The van der Waals surface area contributed by atoms with Crippen molar-refractivity contribution >= 4 is 101 Å². The van der Waals surface area contributed by atoms with Crippen LogP contribution in [0.3, 0.4) is 0 Å². The molecule has 0 atom stereocenters. The van der Waals surface area contributed by atoms with Crippen molar-refractivity contribution in [3.8, 4) is 62.0 Å². The maximum atomic E-state index is 12.9. The number of aromatic nitrogens is 2. The molecule has 0 N–H and O–H groups in total. The number of fused-ring (bicyclic) bond motifs is 10. The molecule has 17 rings (SSSR count). The lowest BCUT2D eigenvalue weighted by molar-refractivity contribution is 0.569. The molecule has 13 aromatic carbocycles. The third kappa shape index (κ3) is 12.8. The maximum absolute atomic E-state index is 12.9. The fourth-order valence-electron chi connectivity index (χ4n) is 17.4. The van der Waals surface area contributed by atoms with E-state index in [1.807, 2.05) is 6.07 Å². The van der Waals surface area contributed by atoms with Gasteiger partial charge in [-0.15, -0.1) is 0 Å². The van der Waals surface area contributed by atoms with Crippen LogP contribution in [0.5, 0.6) is 0 Å². The highest BCUT2D eigenvalue weighted by molar-refractivity contribution is 7.00. The second-order valence-corrected chi connectivity index (χ2v) is 39.1. The van der Waals surface area contributed by atoms with Crippen molar-refractivity contribution in [2.24, 2.45) is 0 Å². The van der Waals surface area contributed by atoms with Crippen molar-refractivity contribution in [3.05, 3.63) is 305 Å². The Morgan fingerprint density at radius 2 is 0.673 bits per heavy atom. The molecule has 2 aromatic heterocycles. The predicted octanol–water partition coefficient (Wildman–Crippen LogP) is 27.6. The molecule has 0 saturated carbocycles. The number of benzene rings is 13. The fraction of sp³-hybridized carbons (Fsp3) is 0.262. The zero-order valence-electron chi connectivity index (χ0n) is 74.8. The molecule has 0 amide bonds. The van der Waals surface area contributed by atoms with Gasteiger partial charge in [0.05, 0.1) is 51.7 Å². The largest absolute Gasteiger partial charge is 0.310 e. The van der Waals surface area contributed by atoms with Gasteiger partial charge in [0.25, 0.3) is 6.71 Å². The molecule has 2 aliphatic heterocycles. The van der Waals surface area contributed by atoms with Gasteiger partial charge in [0.15, 0.2) is 0 Å². The summed E-state index contributed by atoms with van der Waals surface area (Å²) in [5.74, 6) is 0. The smallest absolute Gasteiger partial charge is 0.252 e. The average Bonchev–Trinajstić information content (AvgIpc) is 0.892. The molecular weight excluding hydrogens is 1370 g/mol. The number of nitrogens with zero attached hydrogens (tertiary/aromatic N) is 5. The lowest BCUT2D eigenvalue weighted by Gasteiger charge is -2.45. The summed E-state index contributed by atoms with van der Waals surface area (Å²) in [5, 5.41) is 17.4. The topological polar surface area (TPSA) is 40.1 Å². The van der Waals surface area contributed by atoms with Crippen LogP contribution in [0.15, 0.2) is 261 Å². The normalized spacial score (nSPS) is 14.1. The number of rotatable bonds is 8. The van der Waals surface area contributed by atoms with Crippen LogP contribution in [-0.2, 0) is 37.9 Å². The molecule has 2 aliphatic rings. The number of nitriles is 1. The van der Waals surface area contributed by atoms with E-state index >= 15 is 0 Å². The SMILES string of the molecule is [2H]c1c([2H])c([2H])c(-c2ccc3c(c2)N(c2c(-c4ccccc4)cc(C(C)(C)C)cc2-c2ccccc2)c2cc(-n4c5ccc(C(C)(C)C)cc5c5cc(C(C)(C)C)ccc54)cc4c2B3c2ccc(-c3cc(C(C)(C)C)cc(C(C)(C)C)c3)cc2N4c2cccc(-n3c4ccc(C(C)(C)C)cc4c4cc(C(C)(C)C)ccc43)c2C#N)c([2H])c1[2H]. The van der Waals surface area contributed by atoms with Gasteiger partial charge in [-0.25, -0.2) is 0 Å². The molecule has 0 unspecified atom stereocenters. The summed E-state index contributed by atoms with van der Waals surface area (Å²) in [6.45, 7) is 47.4. The molecule has 562 valence electrons. The van der Waals surface area contributed by atoms with Crippen molar-refractivity contribution in [2.45, 2.75) is 183 Å². The third-order valence-corrected chi connectivity index (χ3v) is 24.1. The molecule has 0 saturated heterocycles. The Morgan fingerprint density at radius 1 is 0.292 bits per heavy atom. The molecule has 0 radical (unpaired) electrons. The van der Waals surface area contributed by atoms with Crippen molar-refractivity contribution in [1.82, 2.24) is 9.13 Å². The quantitative estimate of drug-likeness (QED) is 0.142. The first-order valence-corrected chi connectivity index (χ1v) is 40.3. The van der Waals surface area contributed by atoms with E-state index in [0.29, 0.717) is 16.8 Å². The van der Waals surface area contributed by atoms with E-state index in [9.17, 15) is 10.7 Å². The first-order valence-electron chi connectivity index (χ1n) is 42.8. The highest BCUT2D eigenvalue weighted by Gasteiger charge is 2.46. The first-order chi connectivity index (χ1) is 55.5. The molecule has 0 fully saturated rings. The Balaban J connectivity index is 1.09. The van der Waals surface area contributed by atoms with Crippen molar-refractivity contribution in [3.63, 3.8) is 0 Å². The van der Waals surface area contributed by atoms with Crippen LogP contribution in [0.25, 0.3) is 99.5 Å². The van der Waals surface area contributed by atoms with Crippen LogP contribution in [0, 0.1) is 11.3 Å².